The van der Waals surface area contributed by atoms with Crippen LogP contribution in [0, 0.1) is 0 Å². The van der Waals surface area contributed by atoms with Crippen LogP contribution >= 0.6 is 24.0 Å². The Balaban J connectivity index is 1.62. The first-order valence-electron chi connectivity index (χ1n) is 13.3. The summed E-state index contributed by atoms with van der Waals surface area (Å²) in [6.45, 7) is 4.30. The van der Waals surface area contributed by atoms with Gasteiger partial charge in [-0.1, -0.05) is 73.4 Å². The second-order valence-electron chi connectivity index (χ2n) is 9.59. The Labute approximate surface area is 248 Å². The van der Waals surface area contributed by atoms with Crippen molar-refractivity contribution < 1.29 is 13.2 Å². The molecular weight excluding hydrogens is 585 g/mol. The molecule has 3 heterocycles. The standard InChI is InChI=1S/C29H27F3N6O2S2/c1-3-13-37-26(39)23-25(36(4-2)27(37)40)34-24(38(23)28(41)42-18-19-9-6-5-7-10-19)21-15-33-35(17-21)16-20-11-8-12-22(14-20)29(30,31)32/h5-12,14-15,17H,3-4,13,16,18H2,1-2H3. The van der Waals surface area contributed by atoms with Crippen molar-refractivity contribution in [3.05, 3.63) is 105 Å². The minimum Gasteiger partial charge on any atom is -0.276 e. The fraction of sp³-hybridized carbons (Fsp3) is 0.276. The van der Waals surface area contributed by atoms with Crippen LogP contribution in [0.5, 0.6) is 0 Å². The summed E-state index contributed by atoms with van der Waals surface area (Å²) in [6.07, 6.45) is -0.708. The molecule has 0 aliphatic carbocycles. The molecule has 0 spiro atoms. The Morgan fingerprint density at radius 1 is 1.00 bits per heavy atom. The molecule has 0 aliphatic heterocycles. The molecule has 5 aromatic rings. The highest BCUT2D eigenvalue weighted by Crippen LogP contribution is 2.30. The fourth-order valence-electron chi connectivity index (χ4n) is 4.70. The Kier molecular flexibility index (Phi) is 8.50. The van der Waals surface area contributed by atoms with Crippen molar-refractivity contribution in [2.45, 2.75) is 51.8 Å². The van der Waals surface area contributed by atoms with E-state index in [1.54, 1.807) is 23.8 Å². The number of thioether (sulfide) groups is 1. The lowest BCUT2D eigenvalue weighted by Crippen LogP contribution is -2.40. The Morgan fingerprint density at radius 2 is 1.74 bits per heavy atom. The van der Waals surface area contributed by atoms with Crippen LogP contribution in [0.15, 0.2) is 76.6 Å². The van der Waals surface area contributed by atoms with Crippen LogP contribution in [0.4, 0.5) is 13.2 Å². The second kappa shape index (κ2) is 12.1. The monoisotopic (exact) mass is 612 g/mol. The van der Waals surface area contributed by atoms with E-state index in [0.29, 0.717) is 33.4 Å². The zero-order chi connectivity index (χ0) is 30.0. The van der Waals surface area contributed by atoms with Gasteiger partial charge in [-0.2, -0.15) is 18.3 Å². The van der Waals surface area contributed by atoms with Gasteiger partial charge in [0.25, 0.3) is 5.56 Å². The molecule has 13 heteroatoms. The molecule has 0 fully saturated rings. The van der Waals surface area contributed by atoms with Crippen LogP contribution in [0.3, 0.4) is 0 Å². The summed E-state index contributed by atoms with van der Waals surface area (Å²) in [5.74, 6) is 0.864. The number of thiocarbonyl (C=S) groups is 1. The lowest BCUT2D eigenvalue weighted by Gasteiger charge is -2.12. The number of alkyl halides is 3. The number of benzene rings is 2. The van der Waals surface area contributed by atoms with E-state index in [-0.39, 0.29) is 30.8 Å². The number of halogens is 3. The molecule has 218 valence electrons. The molecule has 0 radical (unpaired) electrons. The molecule has 0 atom stereocenters. The molecule has 5 rings (SSSR count). The van der Waals surface area contributed by atoms with E-state index in [1.807, 2.05) is 37.3 Å². The third kappa shape index (κ3) is 5.84. The van der Waals surface area contributed by atoms with E-state index in [4.69, 9.17) is 17.2 Å². The van der Waals surface area contributed by atoms with Gasteiger partial charge in [0.15, 0.2) is 17.0 Å². The third-order valence-electron chi connectivity index (χ3n) is 6.67. The van der Waals surface area contributed by atoms with E-state index < -0.39 is 23.0 Å². The lowest BCUT2D eigenvalue weighted by molar-refractivity contribution is -0.137. The first kappa shape index (κ1) is 29.5. The van der Waals surface area contributed by atoms with Crippen molar-refractivity contribution in [2.75, 3.05) is 0 Å². The van der Waals surface area contributed by atoms with Gasteiger partial charge in [-0.3, -0.25) is 23.2 Å². The van der Waals surface area contributed by atoms with Crippen LogP contribution in [-0.4, -0.2) is 32.8 Å². The average Bonchev–Trinajstić information content (AvgIpc) is 3.60. The predicted octanol–water partition coefficient (Wildman–Crippen LogP) is 5.79. The highest BCUT2D eigenvalue weighted by atomic mass is 32.2. The lowest BCUT2D eigenvalue weighted by atomic mass is 10.1. The van der Waals surface area contributed by atoms with E-state index >= 15 is 0 Å². The van der Waals surface area contributed by atoms with Gasteiger partial charge in [0.1, 0.15) is 4.32 Å². The number of imidazole rings is 1. The Bertz CT molecular complexity index is 1870. The van der Waals surface area contributed by atoms with Gasteiger partial charge in [0.05, 0.1) is 23.9 Å². The predicted molar refractivity (Wildman–Crippen MR) is 162 cm³/mol. The van der Waals surface area contributed by atoms with Crippen molar-refractivity contribution in [2.24, 2.45) is 0 Å². The number of rotatable bonds is 8. The largest absolute Gasteiger partial charge is 0.416 e. The molecule has 0 amide bonds. The topological polar surface area (TPSA) is 79.6 Å². The molecule has 0 saturated heterocycles. The number of aromatic nitrogens is 6. The zero-order valence-corrected chi connectivity index (χ0v) is 24.5. The third-order valence-corrected chi connectivity index (χ3v) is 8.11. The summed E-state index contributed by atoms with van der Waals surface area (Å²) in [5, 5.41) is 4.35. The SMILES string of the molecule is CCCn1c(=O)c2c(nc(-c3cnn(Cc4cccc(C(F)(F)F)c4)c3)n2C(=S)SCc2ccccc2)n(CC)c1=O. The van der Waals surface area contributed by atoms with Gasteiger partial charge in [-0.05, 0) is 36.6 Å². The van der Waals surface area contributed by atoms with Crippen molar-refractivity contribution in [1.29, 1.82) is 0 Å². The second-order valence-corrected chi connectivity index (χ2v) is 11.2. The Hall–Kier alpha value is -3.97. The van der Waals surface area contributed by atoms with Gasteiger partial charge in [-0.15, -0.1) is 0 Å². The average molecular weight is 613 g/mol. The van der Waals surface area contributed by atoms with Crippen molar-refractivity contribution in [3.8, 4) is 11.4 Å². The number of hydrogen-bond acceptors (Lipinski definition) is 6. The molecule has 3 aromatic heterocycles. The van der Waals surface area contributed by atoms with E-state index in [2.05, 4.69) is 5.10 Å². The summed E-state index contributed by atoms with van der Waals surface area (Å²) in [5.41, 5.74) is 0.686. The molecule has 2 aromatic carbocycles. The van der Waals surface area contributed by atoms with Crippen molar-refractivity contribution >= 4 is 39.5 Å². The van der Waals surface area contributed by atoms with E-state index in [9.17, 15) is 22.8 Å². The first-order valence-corrected chi connectivity index (χ1v) is 14.7. The van der Waals surface area contributed by atoms with E-state index in [0.717, 1.165) is 17.7 Å². The van der Waals surface area contributed by atoms with Gasteiger partial charge in [0, 0.05) is 25.0 Å². The number of aryl methyl sites for hydroxylation is 1. The van der Waals surface area contributed by atoms with Gasteiger partial charge < -0.3 is 0 Å². The maximum atomic E-state index is 13.7. The fourth-order valence-corrected chi connectivity index (χ4v) is 5.84. The summed E-state index contributed by atoms with van der Waals surface area (Å²) in [6, 6.07) is 14.8. The van der Waals surface area contributed by atoms with Crippen LogP contribution in [0.1, 0.15) is 37.0 Å². The van der Waals surface area contributed by atoms with Crippen LogP contribution in [0.2, 0.25) is 0 Å². The maximum Gasteiger partial charge on any atom is 0.416 e. The summed E-state index contributed by atoms with van der Waals surface area (Å²) in [4.78, 5) is 31.7. The molecule has 0 saturated carbocycles. The van der Waals surface area contributed by atoms with Crippen LogP contribution < -0.4 is 11.2 Å². The molecule has 0 bridgehead atoms. The molecule has 42 heavy (non-hydrogen) atoms. The van der Waals surface area contributed by atoms with Gasteiger partial charge in [-0.25, -0.2) is 9.78 Å². The molecule has 0 aliphatic rings. The molecular formula is C29H27F3N6O2S2. The summed E-state index contributed by atoms with van der Waals surface area (Å²) in [7, 11) is 0. The van der Waals surface area contributed by atoms with Gasteiger partial charge >= 0.3 is 11.9 Å². The number of hydrogen-bond donors (Lipinski definition) is 0. The molecule has 0 unspecified atom stereocenters. The van der Waals surface area contributed by atoms with Gasteiger partial charge in [0.2, 0.25) is 0 Å². The summed E-state index contributed by atoms with van der Waals surface area (Å²) < 4.78 is 45.8. The smallest absolute Gasteiger partial charge is 0.276 e. The summed E-state index contributed by atoms with van der Waals surface area (Å²) >= 11 is 7.20. The minimum absolute atomic E-state index is 0.0837. The molecule has 0 N–H and O–H groups in total. The van der Waals surface area contributed by atoms with E-state index in [1.165, 1.54) is 37.8 Å². The highest BCUT2D eigenvalue weighted by Gasteiger charge is 2.30. The Morgan fingerprint density at radius 3 is 2.43 bits per heavy atom. The van der Waals surface area contributed by atoms with Crippen molar-refractivity contribution in [3.63, 3.8) is 0 Å². The zero-order valence-electron chi connectivity index (χ0n) is 22.8. The normalized spacial score (nSPS) is 11.8. The van der Waals surface area contributed by atoms with Crippen LogP contribution in [0.25, 0.3) is 22.6 Å². The first-order chi connectivity index (χ1) is 20.1. The minimum atomic E-state index is -4.46. The highest BCUT2D eigenvalue weighted by molar-refractivity contribution is 8.22. The van der Waals surface area contributed by atoms with Crippen molar-refractivity contribution in [1.82, 2.24) is 28.5 Å². The molecule has 8 nitrogen and oxygen atoms in total. The van der Waals surface area contributed by atoms with Crippen LogP contribution in [-0.2, 0) is 31.6 Å². The number of nitrogens with zero attached hydrogens (tertiary/aromatic N) is 6. The maximum absolute atomic E-state index is 13.7. The quantitative estimate of drug-likeness (QED) is 0.207. The number of fused-ring (bicyclic) bond motifs is 1.